The lowest BCUT2D eigenvalue weighted by Gasteiger charge is -2.24. The van der Waals surface area contributed by atoms with E-state index in [2.05, 4.69) is 4.98 Å². The fraction of sp³-hybridized carbons (Fsp3) is 0.125. The van der Waals surface area contributed by atoms with Crippen LogP contribution >= 0.6 is 0 Å². The fourth-order valence-electron chi connectivity index (χ4n) is 3.20. The van der Waals surface area contributed by atoms with Crippen LogP contribution in [0.5, 0.6) is 5.75 Å². The van der Waals surface area contributed by atoms with Crippen LogP contribution in [0.15, 0.2) is 94.2 Å². The molecule has 4 aromatic rings. The summed E-state index contributed by atoms with van der Waals surface area (Å²) in [6, 6.07) is 24.8. The van der Waals surface area contributed by atoms with E-state index in [0.717, 1.165) is 5.56 Å². The number of methoxy groups -OCH3 is 1. The first kappa shape index (κ1) is 20.7. The third-order valence-corrected chi connectivity index (χ3v) is 6.69. The van der Waals surface area contributed by atoms with Crippen molar-refractivity contribution in [1.29, 1.82) is 0 Å². The van der Waals surface area contributed by atoms with E-state index < -0.39 is 10.0 Å². The van der Waals surface area contributed by atoms with Gasteiger partial charge in [0.25, 0.3) is 10.0 Å². The first-order chi connectivity index (χ1) is 15.0. The highest BCUT2D eigenvalue weighted by Crippen LogP contribution is 2.29. The van der Waals surface area contributed by atoms with Crippen molar-refractivity contribution in [2.45, 2.75) is 18.4 Å². The topological polar surface area (TPSA) is 72.6 Å². The average Bonchev–Trinajstić information content (AvgIpc) is 3.19. The molecule has 0 saturated heterocycles. The van der Waals surface area contributed by atoms with Crippen LogP contribution in [0.25, 0.3) is 11.5 Å². The third kappa shape index (κ3) is 4.32. The summed E-state index contributed by atoms with van der Waals surface area (Å²) >= 11 is 0. The molecule has 1 aromatic heterocycles. The van der Waals surface area contributed by atoms with E-state index in [0.29, 0.717) is 28.8 Å². The van der Waals surface area contributed by atoms with Gasteiger partial charge in [-0.3, -0.25) is 4.31 Å². The highest BCUT2D eigenvalue weighted by Gasteiger charge is 2.27. The Labute approximate surface area is 181 Å². The van der Waals surface area contributed by atoms with E-state index in [4.69, 9.17) is 9.15 Å². The normalized spacial score (nSPS) is 11.3. The predicted molar refractivity (Wildman–Crippen MR) is 119 cm³/mol. The summed E-state index contributed by atoms with van der Waals surface area (Å²) < 4.78 is 39.4. The number of rotatable bonds is 7. The molecule has 158 valence electrons. The van der Waals surface area contributed by atoms with Crippen molar-refractivity contribution >= 4 is 15.7 Å². The van der Waals surface area contributed by atoms with E-state index in [1.807, 2.05) is 30.3 Å². The Kier molecular flexibility index (Phi) is 5.77. The van der Waals surface area contributed by atoms with Crippen LogP contribution in [0.1, 0.15) is 11.5 Å². The molecule has 0 aliphatic heterocycles. The Morgan fingerprint density at radius 3 is 2.13 bits per heavy atom. The molecule has 6 nitrogen and oxygen atoms in total. The molecule has 0 bridgehead atoms. The van der Waals surface area contributed by atoms with Gasteiger partial charge in [0.05, 0.1) is 24.2 Å². The summed E-state index contributed by atoms with van der Waals surface area (Å²) in [5.74, 6) is 1.67. The van der Waals surface area contributed by atoms with Gasteiger partial charge in [-0.2, -0.15) is 0 Å². The Balaban J connectivity index is 1.76. The monoisotopic (exact) mass is 434 g/mol. The smallest absolute Gasteiger partial charge is 0.264 e. The highest BCUT2D eigenvalue weighted by atomic mass is 32.2. The lowest BCUT2D eigenvalue weighted by molar-refractivity contribution is 0.415. The number of sulfonamides is 1. The minimum atomic E-state index is -3.83. The van der Waals surface area contributed by atoms with Gasteiger partial charge >= 0.3 is 0 Å². The van der Waals surface area contributed by atoms with E-state index in [1.165, 1.54) is 4.31 Å². The van der Waals surface area contributed by atoms with Gasteiger partial charge in [-0.1, -0.05) is 36.4 Å². The molecule has 0 atom stereocenters. The molecule has 0 saturated carbocycles. The highest BCUT2D eigenvalue weighted by molar-refractivity contribution is 7.92. The zero-order chi connectivity index (χ0) is 21.8. The van der Waals surface area contributed by atoms with Crippen molar-refractivity contribution in [2.75, 3.05) is 11.4 Å². The van der Waals surface area contributed by atoms with Crippen molar-refractivity contribution < 1.29 is 17.6 Å². The van der Waals surface area contributed by atoms with Gasteiger partial charge < -0.3 is 9.15 Å². The van der Waals surface area contributed by atoms with Crippen LogP contribution < -0.4 is 9.04 Å². The number of nitrogens with zero attached hydrogens (tertiary/aromatic N) is 2. The van der Waals surface area contributed by atoms with Crippen molar-refractivity contribution in [3.05, 3.63) is 96.4 Å². The molecule has 1 heterocycles. The number of hydrogen-bond acceptors (Lipinski definition) is 5. The molecule has 3 aromatic carbocycles. The molecule has 0 aliphatic rings. The van der Waals surface area contributed by atoms with Gasteiger partial charge in [-0.05, 0) is 55.5 Å². The number of aryl methyl sites for hydroxylation is 1. The van der Waals surface area contributed by atoms with E-state index in [9.17, 15) is 8.42 Å². The van der Waals surface area contributed by atoms with Gasteiger partial charge in [-0.25, -0.2) is 13.4 Å². The molecule has 0 unspecified atom stereocenters. The quantitative estimate of drug-likeness (QED) is 0.407. The summed E-state index contributed by atoms with van der Waals surface area (Å²) in [7, 11) is -2.27. The van der Waals surface area contributed by atoms with Gasteiger partial charge in [0.1, 0.15) is 17.2 Å². The number of oxazole rings is 1. The van der Waals surface area contributed by atoms with Gasteiger partial charge in [0.2, 0.25) is 5.89 Å². The molecule has 7 heteroatoms. The minimum absolute atomic E-state index is 0.0335. The second kappa shape index (κ2) is 8.65. The van der Waals surface area contributed by atoms with E-state index in [-0.39, 0.29) is 11.4 Å². The van der Waals surface area contributed by atoms with Gasteiger partial charge in [0.15, 0.2) is 0 Å². The van der Waals surface area contributed by atoms with Crippen LogP contribution in [-0.2, 0) is 16.6 Å². The maximum absolute atomic E-state index is 13.5. The maximum Gasteiger partial charge on any atom is 0.264 e. The number of aromatic nitrogens is 1. The molecule has 4 rings (SSSR count). The SMILES string of the molecule is COc1ccc(N(Cc2nc(-c3ccccc3)oc2C)S(=O)(=O)c2ccccc2)cc1. The number of ether oxygens (including phenoxy) is 1. The molecule has 0 N–H and O–H groups in total. The Morgan fingerprint density at radius 1 is 0.903 bits per heavy atom. The second-order valence-corrected chi connectivity index (χ2v) is 8.77. The molecule has 31 heavy (non-hydrogen) atoms. The van der Waals surface area contributed by atoms with Crippen LogP contribution in [0.4, 0.5) is 5.69 Å². The summed E-state index contributed by atoms with van der Waals surface area (Å²) in [5.41, 5.74) is 1.89. The largest absolute Gasteiger partial charge is 0.497 e. The first-order valence-electron chi connectivity index (χ1n) is 9.72. The number of hydrogen-bond donors (Lipinski definition) is 0. The summed E-state index contributed by atoms with van der Waals surface area (Å²) in [5, 5.41) is 0. The maximum atomic E-state index is 13.5. The van der Waals surface area contributed by atoms with Gasteiger partial charge in [-0.15, -0.1) is 0 Å². The minimum Gasteiger partial charge on any atom is -0.497 e. The molecular weight excluding hydrogens is 412 g/mol. The summed E-state index contributed by atoms with van der Waals surface area (Å²) in [4.78, 5) is 4.79. The van der Waals surface area contributed by atoms with Crippen molar-refractivity contribution in [3.8, 4) is 17.2 Å². The molecular formula is C24H22N2O4S. The molecule has 0 amide bonds. The van der Waals surface area contributed by atoms with E-state index in [1.54, 1.807) is 68.6 Å². The summed E-state index contributed by atoms with van der Waals surface area (Å²) in [6.07, 6.45) is 0. The Hall–Kier alpha value is -3.58. The first-order valence-corrected chi connectivity index (χ1v) is 11.2. The zero-order valence-corrected chi connectivity index (χ0v) is 18.0. The third-order valence-electron chi connectivity index (χ3n) is 4.90. The standard InChI is InChI=1S/C24H22N2O4S/c1-18-23(25-24(30-18)19-9-5-3-6-10-19)17-26(20-13-15-21(29-2)16-14-20)31(27,28)22-11-7-4-8-12-22/h3-16H,17H2,1-2H3. The average molecular weight is 435 g/mol. The van der Waals surface area contributed by atoms with Crippen molar-refractivity contribution in [2.24, 2.45) is 0 Å². The molecule has 0 fully saturated rings. The molecule has 0 spiro atoms. The zero-order valence-electron chi connectivity index (χ0n) is 17.2. The second-order valence-electron chi connectivity index (χ2n) is 6.91. The lowest BCUT2D eigenvalue weighted by Crippen LogP contribution is -2.31. The number of anilines is 1. The summed E-state index contributed by atoms with van der Waals surface area (Å²) in [6.45, 7) is 1.82. The predicted octanol–water partition coefficient (Wildman–Crippen LogP) is 5.05. The molecule has 0 radical (unpaired) electrons. The van der Waals surface area contributed by atoms with Crippen LogP contribution in [-0.4, -0.2) is 20.5 Å². The van der Waals surface area contributed by atoms with Crippen molar-refractivity contribution in [3.63, 3.8) is 0 Å². The van der Waals surface area contributed by atoms with Crippen LogP contribution in [0.2, 0.25) is 0 Å². The van der Waals surface area contributed by atoms with E-state index >= 15 is 0 Å². The Bertz CT molecular complexity index is 1250. The van der Waals surface area contributed by atoms with Gasteiger partial charge in [0, 0.05) is 5.56 Å². The van der Waals surface area contributed by atoms with Crippen molar-refractivity contribution in [1.82, 2.24) is 4.98 Å². The Morgan fingerprint density at radius 2 is 1.52 bits per heavy atom. The molecule has 0 aliphatic carbocycles. The van der Waals surface area contributed by atoms with Crippen LogP contribution in [0.3, 0.4) is 0 Å². The fourth-order valence-corrected chi connectivity index (χ4v) is 4.65. The number of benzene rings is 3. The lowest BCUT2D eigenvalue weighted by atomic mass is 10.2. The van der Waals surface area contributed by atoms with Crippen LogP contribution in [0, 0.1) is 6.92 Å².